The zero-order valence-corrected chi connectivity index (χ0v) is 15.9. The molecule has 1 fully saturated rings. The highest BCUT2D eigenvalue weighted by atomic mass is 32.2. The number of nitrogens with zero attached hydrogens (tertiary/aromatic N) is 1. The molecule has 0 amide bonds. The lowest BCUT2D eigenvalue weighted by molar-refractivity contribution is 0.413. The predicted octanol–water partition coefficient (Wildman–Crippen LogP) is 0.171. The van der Waals surface area contributed by atoms with Crippen molar-refractivity contribution >= 4 is 26.8 Å². The van der Waals surface area contributed by atoms with Gasteiger partial charge in [0, 0.05) is 48.0 Å². The van der Waals surface area contributed by atoms with Crippen LogP contribution in [0.1, 0.15) is 39.0 Å². The van der Waals surface area contributed by atoms with Crippen molar-refractivity contribution in [3.8, 4) is 0 Å². The number of guanidine groups is 1. The van der Waals surface area contributed by atoms with Crippen molar-refractivity contribution in [2.24, 2.45) is 4.99 Å². The first-order valence-corrected chi connectivity index (χ1v) is 11.4. The van der Waals surface area contributed by atoms with Crippen molar-refractivity contribution in [3.05, 3.63) is 0 Å². The Morgan fingerprint density at radius 3 is 2.65 bits per heavy atom. The molecule has 1 saturated carbocycles. The van der Waals surface area contributed by atoms with Gasteiger partial charge in [-0.15, -0.1) is 0 Å². The van der Waals surface area contributed by atoms with Gasteiger partial charge in [-0.25, -0.2) is 13.1 Å². The zero-order chi connectivity index (χ0) is 17.3. The van der Waals surface area contributed by atoms with Gasteiger partial charge in [0.15, 0.2) is 5.96 Å². The Balaban J connectivity index is 2.31. The van der Waals surface area contributed by atoms with E-state index in [1.807, 2.05) is 6.92 Å². The fourth-order valence-electron chi connectivity index (χ4n) is 2.69. The van der Waals surface area contributed by atoms with Gasteiger partial charge < -0.3 is 10.6 Å². The fraction of sp³-hybridized carbons (Fsp3) is 0.929. The highest BCUT2D eigenvalue weighted by molar-refractivity contribution is 7.88. The average molecular weight is 367 g/mol. The molecule has 0 aliphatic heterocycles. The second-order valence-corrected chi connectivity index (χ2v) is 9.66. The van der Waals surface area contributed by atoms with E-state index < -0.39 is 20.8 Å². The second kappa shape index (κ2) is 10.2. The second-order valence-electron chi connectivity index (χ2n) is 5.82. The minimum atomic E-state index is -3.12. The Bertz CT molecular complexity index is 508. The molecule has 7 nitrogen and oxygen atoms in total. The average Bonchev–Trinajstić information content (AvgIpc) is 2.51. The van der Waals surface area contributed by atoms with Crippen molar-refractivity contribution in [2.75, 3.05) is 32.1 Å². The molecule has 0 aromatic carbocycles. The Kier molecular flexibility index (Phi) is 9.08. The molecule has 0 bridgehead atoms. The SMILES string of the molecule is CCS(=O)C1CCCC(NC(=NC)NCCCNS(C)(=O)=O)C1. The standard InChI is InChI=1S/C14H30N4O3S2/c1-4-22(19)13-8-5-7-12(11-13)18-14(15-2)16-9-6-10-17-23(3,20)21/h12-13,17H,4-11H2,1-3H3,(H2,15,16,18). The quantitative estimate of drug-likeness (QED) is 0.323. The number of nitrogens with one attached hydrogen (secondary N) is 3. The van der Waals surface area contributed by atoms with E-state index in [2.05, 4.69) is 20.3 Å². The van der Waals surface area contributed by atoms with Crippen LogP contribution in [0.25, 0.3) is 0 Å². The summed E-state index contributed by atoms with van der Waals surface area (Å²) in [7, 11) is -2.14. The molecule has 0 saturated heterocycles. The van der Waals surface area contributed by atoms with Gasteiger partial charge in [0.1, 0.15) is 0 Å². The molecule has 0 radical (unpaired) electrons. The first-order chi connectivity index (χ1) is 10.9. The van der Waals surface area contributed by atoms with Gasteiger partial charge in [0.05, 0.1) is 6.26 Å². The van der Waals surface area contributed by atoms with E-state index in [0.717, 1.165) is 43.7 Å². The summed E-state index contributed by atoms with van der Waals surface area (Å²) in [4.78, 5) is 4.20. The van der Waals surface area contributed by atoms with Gasteiger partial charge in [-0.1, -0.05) is 13.3 Å². The Morgan fingerprint density at radius 2 is 2.04 bits per heavy atom. The lowest BCUT2D eigenvalue weighted by Crippen LogP contribution is -2.47. The number of hydrogen-bond acceptors (Lipinski definition) is 4. The molecule has 1 aliphatic carbocycles. The van der Waals surface area contributed by atoms with Crippen LogP contribution in [0.4, 0.5) is 0 Å². The van der Waals surface area contributed by atoms with E-state index >= 15 is 0 Å². The smallest absolute Gasteiger partial charge is 0.208 e. The maximum absolute atomic E-state index is 12.0. The van der Waals surface area contributed by atoms with E-state index in [1.165, 1.54) is 0 Å². The first kappa shape index (κ1) is 20.4. The van der Waals surface area contributed by atoms with Crippen molar-refractivity contribution in [3.63, 3.8) is 0 Å². The number of aliphatic imine (C=N–C) groups is 1. The van der Waals surface area contributed by atoms with E-state index in [-0.39, 0.29) is 5.25 Å². The molecule has 0 aromatic rings. The lowest BCUT2D eigenvalue weighted by atomic mass is 9.95. The third-order valence-corrected chi connectivity index (χ3v) is 6.33. The third-order valence-electron chi connectivity index (χ3n) is 3.86. The first-order valence-electron chi connectivity index (χ1n) is 8.14. The summed E-state index contributed by atoms with van der Waals surface area (Å²) >= 11 is 0. The molecule has 136 valence electrons. The van der Waals surface area contributed by atoms with Crippen LogP contribution in [-0.4, -0.2) is 62.0 Å². The largest absolute Gasteiger partial charge is 0.356 e. The van der Waals surface area contributed by atoms with Gasteiger partial charge >= 0.3 is 0 Å². The Labute approximate surface area is 142 Å². The van der Waals surface area contributed by atoms with E-state index in [0.29, 0.717) is 25.6 Å². The van der Waals surface area contributed by atoms with Gasteiger partial charge in [0.25, 0.3) is 0 Å². The molecule has 3 unspecified atom stereocenters. The molecule has 1 aliphatic rings. The molecule has 0 heterocycles. The van der Waals surface area contributed by atoms with Crippen molar-refractivity contribution < 1.29 is 12.6 Å². The van der Waals surface area contributed by atoms with Crippen LogP contribution in [0.2, 0.25) is 0 Å². The minimum Gasteiger partial charge on any atom is -0.356 e. The number of sulfonamides is 1. The van der Waals surface area contributed by atoms with Gasteiger partial charge in [0.2, 0.25) is 10.0 Å². The normalized spacial score (nSPS) is 24.2. The monoisotopic (exact) mass is 366 g/mol. The van der Waals surface area contributed by atoms with Gasteiger partial charge in [-0.2, -0.15) is 0 Å². The van der Waals surface area contributed by atoms with E-state index in [4.69, 9.17) is 0 Å². The van der Waals surface area contributed by atoms with Crippen LogP contribution in [0.5, 0.6) is 0 Å². The van der Waals surface area contributed by atoms with Crippen LogP contribution < -0.4 is 15.4 Å². The zero-order valence-electron chi connectivity index (χ0n) is 14.3. The maximum Gasteiger partial charge on any atom is 0.208 e. The molecule has 3 N–H and O–H groups in total. The van der Waals surface area contributed by atoms with Crippen LogP contribution in [0, 0.1) is 0 Å². The van der Waals surface area contributed by atoms with Gasteiger partial charge in [-0.3, -0.25) is 9.20 Å². The number of hydrogen-bond donors (Lipinski definition) is 3. The predicted molar refractivity (Wildman–Crippen MR) is 96.7 cm³/mol. The summed E-state index contributed by atoms with van der Waals surface area (Å²) in [5.41, 5.74) is 0. The van der Waals surface area contributed by atoms with Gasteiger partial charge in [-0.05, 0) is 25.7 Å². The molecular weight excluding hydrogens is 336 g/mol. The summed E-state index contributed by atoms with van der Waals surface area (Å²) in [6.07, 6.45) is 5.94. The summed E-state index contributed by atoms with van der Waals surface area (Å²) in [5.74, 6) is 1.44. The van der Waals surface area contributed by atoms with E-state index in [1.54, 1.807) is 7.05 Å². The maximum atomic E-state index is 12.0. The van der Waals surface area contributed by atoms with Crippen molar-refractivity contribution in [1.29, 1.82) is 0 Å². The topological polar surface area (TPSA) is 99.7 Å². The molecule has 0 aromatic heterocycles. The van der Waals surface area contributed by atoms with Crippen molar-refractivity contribution in [1.82, 2.24) is 15.4 Å². The Hall–Kier alpha value is -0.670. The van der Waals surface area contributed by atoms with Crippen molar-refractivity contribution in [2.45, 2.75) is 50.3 Å². The summed E-state index contributed by atoms with van der Waals surface area (Å²) in [6.45, 7) is 3.02. The lowest BCUT2D eigenvalue weighted by Gasteiger charge is -2.30. The highest BCUT2D eigenvalue weighted by Crippen LogP contribution is 2.22. The molecule has 23 heavy (non-hydrogen) atoms. The molecule has 0 spiro atoms. The number of rotatable bonds is 8. The van der Waals surface area contributed by atoms with Crippen LogP contribution in [0.15, 0.2) is 4.99 Å². The van der Waals surface area contributed by atoms with Crippen LogP contribution in [0.3, 0.4) is 0 Å². The third kappa shape index (κ3) is 8.66. The fourth-order valence-corrected chi connectivity index (χ4v) is 4.55. The molecular formula is C14H30N4O3S2. The van der Waals surface area contributed by atoms with Crippen LogP contribution in [-0.2, 0) is 20.8 Å². The summed E-state index contributed by atoms with van der Waals surface area (Å²) in [5, 5.41) is 6.86. The van der Waals surface area contributed by atoms with Crippen LogP contribution >= 0.6 is 0 Å². The molecule has 9 heteroatoms. The molecule has 1 rings (SSSR count). The summed E-state index contributed by atoms with van der Waals surface area (Å²) in [6, 6.07) is 0.296. The summed E-state index contributed by atoms with van der Waals surface area (Å²) < 4.78 is 36.4. The molecule has 3 atom stereocenters. The Morgan fingerprint density at radius 1 is 1.30 bits per heavy atom. The minimum absolute atomic E-state index is 0.281. The van der Waals surface area contributed by atoms with E-state index in [9.17, 15) is 12.6 Å². The highest BCUT2D eigenvalue weighted by Gasteiger charge is 2.25.